The highest BCUT2D eigenvalue weighted by Crippen LogP contribution is 2.46. The van der Waals surface area contributed by atoms with Gasteiger partial charge in [0.05, 0.1) is 18.6 Å². The van der Waals surface area contributed by atoms with Gasteiger partial charge in [-0.05, 0) is 89.2 Å². The first-order valence-corrected chi connectivity index (χ1v) is 21.7. The second-order valence-corrected chi connectivity index (χ2v) is 15.7. The topological polar surface area (TPSA) is 108 Å². The third kappa shape index (κ3) is 12.9. The van der Waals surface area contributed by atoms with Gasteiger partial charge < -0.3 is 23.8 Å². The van der Waals surface area contributed by atoms with Gasteiger partial charge in [0.2, 0.25) is 5.91 Å². The molecule has 3 atom stereocenters. The van der Waals surface area contributed by atoms with Crippen LogP contribution < -0.4 is 4.90 Å². The van der Waals surface area contributed by atoms with Crippen LogP contribution in [0.2, 0.25) is 0 Å². The van der Waals surface area contributed by atoms with Crippen LogP contribution in [0.4, 0.5) is 10.1 Å². The molecule has 0 aliphatic carbocycles. The van der Waals surface area contributed by atoms with Crippen LogP contribution >= 0.6 is 0 Å². The Morgan fingerprint density at radius 3 is 1.70 bits per heavy atom. The monoisotopic (exact) mass is 881 g/mol. The summed E-state index contributed by atoms with van der Waals surface area (Å²) in [6, 6.07) is 48.6. The van der Waals surface area contributed by atoms with E-state index in [2.05, 4.69) is 23.7 Å². The van der Waals surface area contributed by atoms with E-state index in [0.29, 0.717) is 36.3 Å². The largest absolute Gasteiger partial charge is 0.460 e. The van der Waals surface area contributed by atoms with Gasteiger partial charge >= 0.3 is 17.9 Å². The van der Waals surface area contributed by atoms with Crippen LogP contribution in [-0.4, -0.2) is 30.4 Å². The number of β-lactam (4-membered cyclic amide) rings is 1. The molecule has 10 heteroatoms. The van der Waals surface area contributed by atoms with Gasteiger partial charge in [0.25, 0.3) is 0 Å². The molecule has 7 rings (SSSR count). The Balaban J connectivity index is 1.07. The predicted octanol–water partition coefficient (Wildman–Crippen LogP) is 10.0. The van der Waals surface area contributed by atoms with Gasteiger partial charge in [-0.1, -0.05) is 139 Å². The molecule has 6 aromatic carbocycles. The van der Waals surface area contributed by atoms with Crippen molar-refractivity contribution in [3.05, 3.63) is 209 Å². The van der Waals surface area contributed by atoms with Crippen LogP contribution in [0, 0.1) is 41.3 Å². The number of halogens is 1. The van der Waals surface area contributed by atoms with Gasteiger partial charge in [0, 0.05) is 30.2 Å². The van der Waals surface area contributed by atoms with E-state index in [9.17, 15) is 23.6 Å². The molecule has 332 valence electrons. The average Bonchev–Trinajstić information content (AvgIpc) is 3.34. The maximum Gasteiger partial charge on any atom is 0.321 e. The van der Waals surface area contributed by atoms with E-state index in [-0.39, 0.29) is 38.2 Å². The van der Waals surface area contributed by atoms with Crippen molar-refractivity contribution in [2.45, 2.75) is 58.2 Å². The molecule has 1 amide bonds. The van der Waals surface area contributed by atoms with Crippen molar-refractivity contribution in [2.24, 2.45) is 11.8 Å². The molecular formula is C56H48FNO8. The van der Waals surface area contributed by atoms with Crippen LogP contribution in [0.3, 0.4) is 0 Å². The Hall–Kier alpha value is -7.79. The Morgan fingerprint density at radius 2 is 1.15 bits per heavy atom. The summed E-state index contributed by atoms with van der Waals surface area (Å²) in [7, 11) is 0. The number of ether oxygens (including phenoxy) is 4. The van der Waals surface area contributed by atoms with Crippen molar-refractivity contribution in [1.82, 2.24) is 0 Å². The van der Waals surface area contributed by atoms with Crippen LogP contribution in [0.5, 0.6) is 0 Å². The molecule has 1 aliphatic rings. The van der Waals surface area contributed by atoms with E-state index in [1.54, 1.807) is 17.0 Å². The predicted molar refractivity (Wildman–Crippen MR) is 247 cm³/mol. The first-order valence-electron chi connectivity index (χ1n) is 21.7. The summed E-state index contributed by atoms with van der Waals surface area (Å²) in [6.45, 7) is 2.05. The normalized spacial score (nSPS) is 14.4. The maximum atomic E-state index is 14.1. The summed E-state index contributed by atoms with van der Waals surface area (Å²) in [6.07, 6.45) is -0.0907. The second-order valence-electron chi connectivity index (χ2n) is 15.7. The minimum atomic E-state index is -1.27. The van der Waals surface area contributed by atoms with Crippen molar-refractivity contribution < 1.29 is 42.5 Å². The molecule has 0 saturated carbocycles. The van der Waals surface area contributed by atoms with E-state index in [4.69, 9.17) is 18.9 Å². The number of esters is 3. The molecule has 0 unspecified atom stereocenters. The lowest BCUT2D eigenvalue weighted by Gasteiger charge is -2.48. The minimum absolute atomic E-state index is 0.00139. The SMILES string of the molecule is CC(=O)O[C@@H](CC[C@H]1C(=O)N(c2ccc(C#CCOCc3ccccc3)cc2)[C@@H]1c1ccc(C#CCC(C(=O)OCc2ccccc2)C(=O)OCc2ccccc2)cc1)c1ccc(F)cc1. The summed E-state index contributed by atoms with van der Waals surface area (Å²) >= 11 is 0. The number of benzene rings is 6. The summed E-state index contributed by atoms with van der Waals surface area (Å²) < 4.78 is 36.2. The number of carbonyl (C=O) groups is 4. The van der Waals surface area contributed by atoms with Crippen molar-refractivity contribution >= 4 is 29.5 Å². The second kappa shape index (κ2) is 23.2. The molecule has 0 spiro atoms. The number of carbonyl (C=O) groups excluding carboxylic acids is 4. The zero-order valence-electron chi connectivity index (χ0n) is 36.4. The van der Waals surface area contributed by atoms with Crippen LogP contribution in [0.25, 0.3) is 0 Å². The van der Waals surface area contributed by atoms with Crippen LogP contribution in [0.1, 0.15) is 77.3 Å². The van der Waals surface area contributed by atoms with Crippen LogP contribution in [-0.2, 0) is 57.9 Å². The smallest absolute Gasteiger partial charge is 0.321 e. The van der Waals surface area contributed by atoms with E-state index >= 15 is 0 Å². The van der Waals surface area contributed by atoms with E-state index in [1.807, 2.05) is 140 Å². The van der Waals surface area contributed by atoms with Gasteiger partial charge in [-0.2, -0.15) is 0 Å². The zero-order chi connectivity index (χ0) is 46.1. The third-order valence-corrected chi connectivity index (χ3v) is 11.0. The molecule has 1 heterocycles. The summed E-state index contributed by atoms with van der Waals surface area (Å²) in [5, 5.41) is 0. The molecule has 0 radical (unpaired) electrons. The first-order chi connectivity index (χ1) is 32.2. The molecule has 0 N–H and O–H groups in total. The lowest BCUT2D eigenvalue weighted by atomic mass is 9.78. The lowest BCUT2D eigenvalue weighted by Crippen LogP contribution is -2.55. The average molecular weight is 882 g/mol. The number of nitrogens with zero attached hydrogens (tertiary/aromatic N) is 1. The fourth-order valence-corrected chi connectivity index (χ4v) is 7.58. The zero-order valence-corrected chi connectivity index (χ0v) is 36.4. The van der Waals surface area contributed by atoms with Crippen molar-refractivity contribution in [1.29, 1.82) is 0 Å². The lowest BCUT2D eigenvalue weighted by molar-refractivity contribution is -0.163. The summed E-state index contributed by atoms with van der Waals surface area (Å²) in [5.74, 6) is 8.06. The molecule has 9 nitrogen and oxygen atoms in total. The van der Waals surface area contributed by atoms with Crippen molar-refractivity contribution in [2.75, 3.05) is 11.5 Å². The summed E-state index contributed by atoms with van der Waals surface area (Å²) in [5.41, 5.74) is 6.20. The van der Waals surface area contributed by atoms with Gasteiger partial charge in [0.1, 0.15) is 31.7 Å². The number of hydrogen-bond donors (Lipinski definition) is 0. The molecular weight excluding hydrogens is 834 g/mol. The molecule has 6 aromatic rings. The fraction of sp³-hybridized carbons (Fsp3) is 0.214. The molecule has 1 aliphatic heterocycles. The van der Waals surface area contributed by atoms with E-state index < -0.39 is 41.7 Å². The van der Waals surface area contributed by atoms with Crippen molar-refractivity contribution in [3.63, 3.8) is 0 Å². The maximum absolute atomic E-state index is 14.1. The molecule has 0 bridgehead atoms. The number of rotatable bonds is 17. The van der Waals surface area contributed by atoms with Gasteiger partial charge in [-0.3, -0.25) is 19.2 Å². The highest BCUT2D eigenvalue weighted by atomic mass is 19.1. The Kier molecular flexibility index (Phi) is 16.3. The van der Waals surface area contributed by atoms with Gasteiger partial charge in [-0.15, -0.1) is 0 Å². The number of hydrogen-bond acceptors (Lipinski definition) is 8. The number of anilines is 1. The molecule has 0 aromatic heterocycles. The Morgan fingerprint density at radius 1 is 0.636 bits per heavy atom. The van der Waals surface area contributed by atoms with E-state index in [0.717, 1.165) is 27.8 Å². The Labute approximate surface area is 384 Å². The quantitative estimate of drug-likeness (QED) is 0.0223. The number of amides is 1. The molecule has 66 heavy (non-hydrogen) atoms. The first kappa shape index (κ1) is 46.2. The molecule has 1 saturated heterocycles. The highest BCUT2D eigenvalue weighted by Gasteiger charge is 2.48. The third-order valence-electron chi connectivity index (χ3n) is 11.0. The van der Waals surface area contributed by atoms with Crippen molar-refractivity contribution in [3.8, 4) is 23.7 Å². The molecule has 1 fully saturated rings. The van der Waals surface area contributed by atoms with E-state index in [1.165, 1.54) is 19.1 Å². The Bertz CT molecular complexity index is 2630. The van der Waals surface area contributed by atoms with Gasteiger partial charge in [0.15, 0.2) is 5.92 Å². The summed E-state index contributed by atoms with van der Waals surface area (Å²) in [4.78, 5) is 54.5. The highest BCUT2D eigenvalue weighted by molar-refractivity contribution is 6.03. The van der Waals surface area contributed by atoms with Gasteiger partial charge in [-0.25, -0.2) is 4.39 Å². The fourth-order valence-electron chi connectivity index (χ4n) is 7.58. The minimum Gasteiger partial charge on any atom is -0.460 e. The van der Waals surface area contributed by atoms with Crippen LogP contribution in [0.15, 0.2) is 164 Å². The standard InChI is InChI=1S/C56H48FNO8/c1-40(59)66-52(46-28-30-48(57)31-29-46)35-34-50-53(58(54(50)60)49-32-24-42(25-33-49)20-12-36-63-37-43-13-5-2-6-14-43)47-26-22-41(23-27-47)19-11-21-51(55(61)64-38-44-15-7-3-8-16-44)56(62)65-39-45-17-9-4-10-18-45/h2-10,13-18,22-33,50-53H,21,34-39H2,1H3/t50-,52+,53-/m1/s1.